The minimum atomic E-state index is -0.355. The molecule has 3 rings (SSSR count). The molecule has 0 bridgehead atoms. The average Bonchev–Trinajstić information content (AvgIpc) is 3.25. The first-order chi connectivity index (χ1) is 11.1. The van der Waals surface area contributed by atoms with Gasteiger partial charge in [-0.25, -0.2) is 9.78 Å². The van der Waals surface area contributed by atoms with Crippen LogP contribution in [0.5, 0.6) is 0 Å². The lowest BCUT2D eigenvalue weighted by Gasteiger charge is -2.20. The maximum Gasteiger partial charge on any atom is 0.407 e. The van der Waals surface area contributed by atoms with E-state index in [4.69, 9.17) is 4.74 Å². The number of thiazole rings is 1. The molecule has 122 valence electrons. The summed E-state index contributed by atoms with van der Waals surface area (Å²) >= 11 is 1.55. The van der Waals surface area contributed by atoms with E-state index in [1.165, 1.54) is 0 Å². The molecular formula is C18H22N2O2S. The average molecular weight is 330 g/mol. The number of hydrogen-bond acceptors (Lipinski definition) is 4. The second-order valence-corrected chi connectivity index (χ2v) is 7.11. The molecule has 1 atom stereocenters. The van der Waals surface area contributed by atoms with E-state index in [1.807, 2.05) is 42.8 Å². The number of nitrogens with zero attached hydrogens (tertiary/aromatic N) is 1. The number of amides is 1. The summed E-state index contributed by atoms with van der Waals surface area (Å²) < 4.78 is 5.48. The third-order valence-corrected chi connectivity index (χ3v) is 5.65. The van der Waals surface area contributed by atoms with Crippen LogP contribution in [0.15, 0.2) is 35.8 Å². The van der Waals surface area contributed by atoms with Gasteiger partial charge in [0.1, 0.15) is 0 Å². The molecule has 1 aliphatic rings. The molecule has 4 nitrogen and oxygen atoms in total. The first kappa shape index (κ1) is 16.0. The summed E-state index contributed by atoms with van der Waals surface area (Å²) in [7, 11) is 0. The Bertz CT molecular complexity index is 665. The maximum absolute atomic E-state index is 12.3. The lowest BCUT2D eigenvalue weighted by Crippen LogP contribution is -2.31. The van der Waals surface area contributed by atoms with Crippen LogP contribution in [0.3, 0.4) is 0 Å². The number of rotatable bonds is 6. The topological polar surface area (TPSA) is 51.2 Å². The Kier molecular flexibility index (Phi) is 4.66. The summed E-state index contributed by atoms with van der Waals surface area (Å²) in [6, 6.07) is 9.73. The molecular weight excluding hydrogens is 308 g/mol. The van der Waals surface area contributed by atoms with Crippen molar-refractivity contribution in [1.82, 2.24) is 10.3 Å². The van der Waals surface area contributed by atoms with Crippen molar-refractivity contribution in [2.24, 2.45) is 5.41 Å². The van der Waals surface area contributed by atoms with E-state index >= 15 is 0 Å². The second kappa shape index (κ2) is 6.71. The molecule has 2 aromatic rings. The number of benzene rings is 1. The lowest BCUT2D eigenvalue weighted by molar-refractivity contribution is 0.117. The molecule has 1 N–H and O–H groups in total. The van der Waals surface area contributed by atoms with Crippen LogP contribution in [0.4, 0.5) is 4.79 Å². The van der Waals surface area contributed by atoms with Crippen LogP contribution < -0.4 is 5.32 Å². The fourth-order valence-corrected chi connectivity index (χ4v) is 3.57. The standard InChI is InChI=1S/C18H22N2O2S/c1-3-18(9-10-18)11-22-17(21)20-15(14-7-5-4-6-8-14)16-13(2)19-12-23-16/h4-8,12,15H,3,9-11H2,1-2H3,(H,20,21). The predicted octanol–water partition coefficient (Wildman–Crippen LogP) is 4.46. The summed E-state index contributed by atoms with van der Waals surface area (Å²) in [4.78, 5) is 17.6. The third kappa shape index (κ3) is 3.72. The normalized spacial score (nSPS) is 16.6. The quantitative estimate of drug-likeness (QED) is 0.851. The lowest BCUT2D eigenvalue weighted by atomic mass is 10.0. The molecule has 5 heteroatoms. The van der Waals surface area contributed by atoms with Crippen LogP contribution in [0.2, 0.25) is 0 Å². The van der Waals surface area contributed by atoms with E-state index in [1.54, 1.807) is 11.3 Å². The van der Waals surface area contributed by atoms with E-state index < -0.39 is 0 Å². The number of carbonyl (C=O) groups is 1. The molecule has 0 radical (unpaired) electrons. The van der Waals surface area contributed by atoms with Crippen LogP contribution in [-0.4, -0.2) is 17.7 Å². The number of nitrogens with one attached hydrogen (secondary N) is 1. The minimum Gasteiger partial charge on any atom is -0.449 e. The van der Waals surface area contributed by atoms with Gasteiger partial charge in [0.15, 0.2) is 0 Å². The molecule has 1 fully saturated rings. The highest BCUT2D eigenvalue weighted by atomic mass is 32.1. The second-order valence-electron chi connectivity index (χ2n) is 6.22. The molecule has 1 saturated carbocycles. The van der Waals surface area contributed by atoms with Crippen molar-refractivity contribution in [2.45, 2.75) is 39.2 Å². The van der Waals surface area contributed by atoms with Gasteiger partial charge in [-0.3, -0.25) is 0 Å². The van der Waals surface area contributed by atoms with Gasteiger partial charge in [0.05, 0.1) is 28.7 Å². The third-order valence-electron chi connectivity index (χ3n) is 4.66. The Morgan fingerprint density at radius 1 is 1.39 bits per heavy atom. The fourth-order valence-electron chi connectivity index (χ4n) is 2.69. The van der Waals surface area contributed by atoms with Crippen LogP contribution in [0.25, 0.3) is 0 Å². The van der Waals surface area contributed by atoms with Crippen molar-refractivity contribution in [3.8, 4) is 0 Å². The van der Waals surface area contributed by atoms with E-state index in [2.05, 4.69) is 17.2 Å². The van der Waals surface area contributed by atoms with Gasteiger partial charge < -0.3 is 10.1 Å². The Hall–Kier alpha value is -1.88. The van der Waals surface area contributed by atoms with Gasteiger partial charge in [-0.05, 0) is 31.7 Å². The van der Waals surface area contributed by atoms with Gasteiger partial charge in [-0.15, -0.1) is 11.3 Å². The first-order valence-electron chi connectivity index (χ1n) is 8.02. The molecule has 0 saturated heterocycles. The summed E-state index contributed by atoms with van der Waals surface area (Å²) in [5, 5.41) is 3.01. The van der Waals surface area contributed by atoms with Crippen molar-refractivity contribution in [1.29, 1.82) is 0 Å². The SMILES string of the molecule is CCC1(COC(=O)NC(c2ccccc2)c2scnc2C)CC1. The van der Waals surface area contributed by atoms with Gasteiger partial charge >= 0.3 is 6.09 Å². The summed E-state index contributed by atoms with van der Waals surface area (Å²) in [6.45, 7) is 4.63. The molecule has 0 aliphatic heterocycles. The Morgan fingerprint density at radius 3 is 2.70 bits per heavy atom. The highest BCUT2D eigenvalue weighted by Crippen LogP contribution is 2.48. The highest BCUT2D eigenvalue weighted by Gasteiger charge is 2.42. The van der Waals surface area contributed by atoms with E-state index in [0.29, 0.717) is 6.61 Å². The molecule has 1 amide bonds. The van der Waals surface area contributed by atoms with Gasteiger partial charge in [0.25, 0.3) is 0 Å². The highest BCUT2D eigenvalue weighted by molar-refractivity contribution is 7.09. The zero-order chi connectivity index (χ0) is 16.3. The summed E-state index contributed by atoms with van der Waals surface area (Å²) in [5.74, 6) is 0. The number of ether oxygens (including phenoxy) is 1. The van der Waals surface area contributed by atoms with Crippen molar-refractivity contribution < 1.29 is 9.53 Å². The van der Waals surface area contributed by atoms with Crippen LogP contribution >= 0.6 is 11.3 Å². The van der Waals surface area contributed by atoms with Gasteiger partial charge in [0, 0.05) is 5.41 Å². The molecule has 23 heavy (non-hydrogen) atoms. The molecule has 1 aromatic carbocycles. The molecule has 1 unspecified atom stereocenters. The number of aromatic nitrogens is 1. The van der Waals surface area contributed by atoms with Gasteiger partial charge in [0.2, 0.25) is 0 Å². The maximum atomic E-state index is 12.3. The van der Waals surface area contributed by atoms with E-state index in [0.717, 1.165) is 35.4 Å². The molecule has 1 aromatic heterocycles. The largest absolute Gasteiger partial charge is 0.449 e. The Morgan fingerprint density at radius 2 is 2.13 bits per heavy atom. The predicted molar refractivity (Wildman–Crippen MR) is 91.6 cm³/mol. The van der Waals surface area contributed by atoms with E-state index in [9.17, 15) is 4.79 Å². The molecule has 1 aliphatic carbocycles. The van der Waals surface area contributed by atoms with E-state index in [-0.39, 0.29) is 17.6 Å². The monoisotopic (exact) mass is 330 g/mol. The Balaban J connectivity index is 1.71. The molecule has 0 spiro atoms. The molecule has 1 heterocycles. The fraction of sp³-hybridized carbons (Fsp3) is 0.444. The number of hydrogen-bond donors (Lipinski definition) is 1. The van der Waals surface area contributed by atoms with Crippen molar-refractivity contribution >= 4 is 17.4 Å². The van der Waals surface area contributed by atoms with Gasteiger partial charge in [-0.1, -0.05) is 37.3 Å². The minimum absolute atomic E-state index is 0.215. The zero-order valence-electron chi connectivity index (χ0n) is 13.5. The van der Waals surface area contributed by atoms with Crippen molar-refractivity contribution in [3.05, 3.63) is 52.0 Å². The smallest absolute Gasteiger partial charge is 0.407 e. The van der Waals surface area contributed by atoms with Crippen molar-refractivity contribution in [3.63, 3.8) is 0 Å². The van der Waals surface area contributed by atoms with Crippen molar-refractivity contribution in [2.75, 3.05) is 6.61 Å². The number of alkyl carbamates (subject to hydrolysis) is 1. The van der Waals surface area contributed by atoms with Crippen LogP contribution in [-0.2, 0) is 4.74 Å². The Labute approximate surface area is 140 Å². The van der Waals surface area contributed by atoms with Crippen LogP contribution in [0.1, 0.15) is 48.4 Å². The number of carbonyl (C=O) groups excluding carboxylic acids is 1. The zero-order valence-corrected chi connectivity index (χ0v) is 14.4. The summed E-state index contributed by atoms with van der Waals surface area (Å²) in [5.41, 5.74) is 4.02. The number of aryl methyl sites for hydroxylation is 1. The van der Waals surface area contributed by atoms with Gasteiger partial charge in [-0.2, -0.15) is 0 Å². The van der Waals surface area contributed by atoms with Crippen LogP contribution in [0, 0.1) is 12.3 Å². The summed E-state index contributed by atoms with van der Waals surface area (Å²) in [6.07, 6.45) is 3.03. The first-order valence-corrected chi connectivity index (χ1v) is 8.90.